The van der Waals surface area contributed by atoms with Crippen LogP contribution in [0.4, 0.5) is 0 Å². The van der Waals surface area contributed by atoms with E-state index in [9.17, 15) is 0 Å². The van der Waals surface area contributed by atoms with E-state index < -0.39 is 0 Å². The van der Waals surface area contributed by atoms with Crippen molar-refractivity contribution in [2.45, 2.75) is 63.7 Å². The lowest BCUT2D eigenvalue weighted by Gasteiger charge is -2.46. The van der Waals surface area contributed by atoms with Crippen LogP contribution in [0.3, 0.4) is 0 Å². The van der Waals surface area contributed by atoms with Crippen LogP contribution in [0.15, 0.2) is 0 Å². The van der Waals surface area contributed by atoms with E-state index in [1.54, 1.807) is 0 Å². The van der Waals surface area contributed by atoms with E-state index in [1.165, 1.54) is 50.9 Å². The second kappa shape index (κ2) is 5.72. The maximum atomic E-state index is 6.22. The quantitative estimate of drug-likeness (QED) is 0.782. The van der Waals surface area contributed by atoms with E-state index in [4.69, 9.17) is 5.73 Å². The summed E-state index contributed by atoms with van der Waals surface area (Å²) in [6.45, 7) is 10.5. The Balaban J connectivity index is 2.09. The standard InChI is InChI=1S/C15H30N2S/c1-13-11-17(9-10-18-13)15(12-16)6-4-5-14(2,3)7-8-15/h13H,4-12,16H2,1-3H3. The highest BCUT2D eigenvalue weighted by Crippen LogP contribution is 2.41. The van der Waals surface area contributed by atoms with Crippen molar-refractivity contribution in [3.63, 3.8) is 0 Å². The molecule has 1 heterocycles. The number of nitrogens with two attached hydrogens (primary N) is 1. The summed E-state index contributed by atoms with van der Waals surface area (Å²) in [6.07, 6.45) is 6.66. The number of hydrogen-bond donors (Lipinski definition) is 1. The fourth-order valence-corrected chi connectivity index (χ4v) is 4.63. The van der Waals surface area contributed by atoms with Crippen LogP contribution in [0.25, 0.3) is 0 Å². The highest BCUT2D eigenvalue weighted by molar-refractivity contribution is 7.99. The van der Waals surface area contributed by atoms with Crippen molar-refractivity contribution in [2.75, 3.05) is 25.4 Å². The Morgan fingerprint density at radius 2 is 2.00 bits per heavy atom. The van der Waals surface area contributed by atoms with Gasteiger partial charge in [0.25, 0.3) is 0 Å². The summed E-state index contributed by atoms with van der Waals surface area (Å²) in [5.74, 6) is 1.28. The van der Waals surface area contributed by atoms with Crippen LogP contribution in [-0.2, 0) is 0 Å². The van der Waals surface area contributed by atoms with Crippen LogP contribution in [-0.4, -0.2) is 41.1 Å². The van der Waals surface area contributed by atoms with Gasteiger partial charge in [0, 0.05) is 36.2 Å². The van der Waals surface area contributed by atoms with Gasteiger partial charge in [-0.2, -0.15) is 11.8 Å². The molecule has 18 heavy (non-hydrogen) atoms. The molecule has 2 unspecified atom stereocenters. The van der Waals surface area contributed by atoms with Gasteiger partial charge in [-0.25, -0.2) is 0 Å². The highest BCUT2D eigenvalue weighted by atomic mass is 32.2. The molecule has 1 saturated heterocycles. The smallest absolute Gasteiger partial charge is 0.0332 e. The zero-order valence-electron chi connectivity index (χ0n) is 12.4. The summed E-state index contributed by atoms with van der Waals surface area (Å²) in [4.78, 5) is 2.73. The molecule has 2 fully saturated rings. The van der Waals surface area contributed by atoms with Gasteiger partial charge in [0.2, 0.25) is 0 Å². The molecule has 2 aliphatic rings. The van der Waals surface area contributed by atoms with Crippen LogP contribution < -0.4 is 5.73 Å². The van der Waals surface area contributed by atoms with Gasteiger partial charge in [0.1, 0.15) is 0 Å². The third kappa shape index (κ3) is 3.23. The van der Waals surface area contributed by atoms with Gasteiger partial charge in [-0.05, 0) is 31.1 Å². The Hall–Kier alpha value is 0.270. The molecular formula is C15H30N2S. The SMILES string of the molecule is CC1CN(C2(CN)CCCC(C)(C)CC2)CCS1. The summed E-state index contributed by atoms with van der Waals surface area (Å²) < 4.78 is 0. The molecule has 0 spiro atoms. The molecule has 1 saturated carbocycles. The Morgan fingerprint density at radius 1 is 1.22 bits per heavy atom. The summed E-state index contributed by atoms with van der Waals surface area (Å²) >= 11 is 2.12. The van der Waals surface area contributed by atoms with Gasteiger partial charge in [-0.3, -0.25) is 4.90 Å². The predicted octanol–water partition coefficient (Wildman–Crippen LogP) is 3.11. The molecule has 2 atom stereocenters. The molecule has 0 aromatic carbocycles. The second-order valence-corrected chi connectivity index (χ2v) is 8.62. The first kappa shape index (κ1) is 14.7. The second-order valence-electron chi connectivity index (χ2n) is 7.07. The fourth-order valence-electron chi connectivity index (χ4n) is 3.62. The minimum absolute atomic E-state index is 0.309. The topological polar surface area (TPSA) is 29.3 Å². The Labute approximate surface area is 117 Å². The van der Waals surface area contributed by atoms with Crippen molar-refractivity contribution >= 4 is 11.8 Å². The Morgan fingerprint density at radius 3 is 2.67 bits per heavy atom. The molecule has 0 aromatic rings. The van der Waals surface area contributed by atoms with Gasteiger partial charge in [-0.15, -0.1) is 0 Å². The van der Waals surface area contributed by atoms with Crippen LogP contribution >= 0.6 is 11.8 Å². The lowest BCUT2D eigenvalue weighted by atomic mass is 9.83. The van der Waals surface area contributed by atoms with Gasteiger partial charge >= 0.3 is 0 Å². The largest absolute Gasteiger partial charge is 0.329 e. The molecule has 106 valence electrons. The van der Waals surface area contributed by atoms with Gasteiger partial charge in [0.15, 0.2) is 0 Å². The first-order valence-corrected chi connectivity index (χ1v) is 8.59. The molecule has 1 aliphatic heterocycles. The monoisotopic (exact) mass is 270 g/mol. The maximum absolute atomic E-state index is 6.22. The van der Waals surface area contributed by atoms with Crippen molar-refractivity contribution in [3.8, 4) is 0 Å². The molecule has 2 rings (SSSR count). The molecule has 0 aromatic heterocycles. The lowest BCUT2D eigenvalue weighted by Crippen LogP contribution is -2.57. The van der Waals surface area contributed by atoms with E-state index in [0.717, 1.165) is 11.8 Å². The first-order valence-electron chi connectivity index (χ1n) is 7.54. The van der Waals surface area contributed by atoms with E-state index in [1.807, 2.05) is 0 Å². The van der Waals surface area contributed by atoms with E-state index >= 15 is 0 Å². The van der Waals surface area contributed by atoms with Crippen molar-refractivity contribution < 1.29 is 0 Å². The van der Waals surface area contributed by atoms with Crippen molar-refractivity contribution in [3.05, 3.63) is 0 Å². The normalized spacial score (nSPS) is 38.3. The van der Waals surface area contributed by atoms with E-state index in [0.29, 0.717) is 11.0 Å². The third-order valence-electron chi connectivity index (χ3n) is 5.05. The number of nitrogens with zero attached hydrogens (tertiary/aromatic N) is 1. The summed E-state index contributed by atoms with van der Waals surface area (Å²) in [5, 5.41) is 0.776. The van der Waals surface area contributed by atoms with Crippen LogP contribution in [0, 0.1) is 5.41 Å². The summed E-state index contributed by atoms with van der Waals surface area (Å²) in [7, 11) is 0. The average Bonchev–Trinajstić information content (AvgIpc) is 2.49. The molecular weight excluding hydrogens is 240 g/mol. The maximum Gasteiger partial charge on any atom is 0.0332 e. The van der Waals surface area contributed by atoms with Crippen molar-refractivity contribution in [1.82, 2.24) is 4.90 Å². The molecule has 2 N–H and O–H groups in total. The zero-order chi connectivity index (χ0) is 13.2. The Kier molecular flexibility index (Phi) is 4.66. The average molecular weight is 270 g/mol. The summed E-state index contributed by atoms with van der Waals surface area (Å²) in [6, 6.07) is 0. The highest BCUT2D eigenvalue weighted by Gasteiger charge is 2.40. The number of thioether (sulfide) groups is 1. The van der Waals surface area contributed by atoms with Gasteiger partial charge in [0.05, 0.1) is 0 Å². The van der Waals surface area contributed by atoms with Gasteiger partial charge < -0.3 is 5.73 Å². The molecule has 0 bridgehead atoms. The van der Waals surface area contributed by atoms with Crippen LogP contribution in [0.1, 0.15) is 52.9 Å². The predicted molar refractivity (Wildman–Crippen MR) is 82.1 cm³/mol. The van der Waals surface area contributed by atoms with Gasteiger partial charge in [-0.1, -0.05) is 27.2 Å². The van der Waals surface area contributed by atoms with E-state index in [-0.39, 0.29) is 0 Å². The Bertz CT molecular complexity index is 280. The van der Waals surface area contributed by atoms with Crippen molar-refractivity contribution in [1.29, 1.82) is 0 Å². The molecule has 0 radical (unpaired) electrons. The number of rotatable bonds is 2. The molecule has 2 nitrogen and oxygen atoms in total. The minimum Gasteiger partial charge on any atom is -0.329 e. The molecule has 1 aliphatic carbocycles. The summed E-state index contributed by atoms with van der Waals surface area (Å²) in [5.41, 5.74) is 7.05. The third-order valence-corrected chi connectivity index (χ3v) is 6.19. The van der Waals surface area contributed by atoms with Crippen molar-refractivity contribution in [2.24, 2.45) is 11.1 Å². The fraction of sp³-hybridized carbons (Fsp3) is 1.00. The molecule has 3 heteroatoms. The van der Waals surface area contributed by atoms with E-state index in [2.05, 4.69) is 37.4 Å². The minimum atomic E-state index is 0.309. The lowest BCUT2D eigenvalue weighted by molar-refractivity contribution is 0.0797. The van der Waals surface area contributed by atoms with Crippen LogP contribution in [0.5, 0.6) is 0 Å². The molecule has 0 amide bonds. The van der Waals surface area contributed by atoms with Crippen LogP contribution in [0.2, 0.25) is 0 Å². The first-order chi connectivity index (χ1) is 8.47. The number of hydrogen-bond acceptors (Lipinski definition) is 3. The zero-order valence-corrected chi connectivity index (χ0v) is 13.2.